The third kappa shape index (κ3) is 6.81. The minimum absolute atomic E-state index is 0.0213. The van der Waals surface area contributed by atoms with Crippen molar-refractivity contribution in [3.63, 3.8) is 0 Å². The molecule has 0 aliphatic rings. The second kappa shape index (κ2) is 11.1. The molecule has 0 atom stereocenters. The van der Waals surface area contributed by atoms with Crippen LogP contribution in [-0.4, -0.2) is 18.4 Å². The molecule has 0 aliphatic heterocycles. The predicted octanol–water partition coefficient (Wildman–Crippen LogP) is 5.70. The van der Waals surface area contributed by atoms with E-state index in [2.05, 4.69) is 10.6 Å². The summed E-state index contributed by atoms with van der Waals surface area (Å²) in [4.78, 5) is 24.7. The standard InChI is InChI=1S/C24H16Cl2FN3O3/c25-17-5-8-19(9-6-17)29-24(32)16(13-28)11-15-12-18(26)7-10-22(15)33-14-23(31)30-21-4-2-1-3-20(21)27/h1-12H,14H2,(H,29,32)(H,30,31). The van der Waals surface area contributed by atoms with Gasteiger partial charge in [0, 0.05) is 21.3 Å². The van der Waals surface area contributed by atoms with Gasteiger partial charge < -0.3 is 15.4 Å². The van der Waals surface area contributed by atoms with Crippen molar-refractivity contribution in [3.05, 3.63) is 93.7 Å². The van der Waals surface area contributed by atoms with Crippen LogP contribution in [0.4, 0.5) is 15.8 Å². The van der Waals surface area contributed by atoms with Gasteiger partial charge in [0.1, 0.15) is 23.2 Å². The number of anilines is 2. The fourth-order valence-corrected chi connectivity index (χ4v) is 3.00. The molecule has 0 saturated carbocycles. The van der Waals surface area contributed by atoms with Crippen LogP contribution in [0.15, 0.2) is 72.3 Å². The normalized spacial score (nSPS) is 10.8. The highest BCUT2D eigenvalue weighted by Gasteiger charge is 2.13. The van der Waals surface area contributed by atoms with Crippen LogP contribution in [0.3, 0.4) is 0 Å². The lowest BCUT2D eigenvalue weighted by Crippen LogP contribution is -2.21. The van der Waals surface area contributed by atoms with Crippen molar-refractivity contribution in [2.75, 3.05) is 17.2 Å². The van der Waals surface area contributed by atoms with Gasteiger partial charge in [0.15, 0.2) is 6.61 Å². The Morgan fingerprint density at radius 1 is 1.00 bits per heavy atom. The molecule has 0 saturated heterocycles. The predicted molar refractivity (Wildman–Crippen MR) is 126 cm³/mol. The molecule has 3 rings (SSSR count). The van der Waals surface area contributed by atoms with Crippen LogP contribution >= 0.6 is 23.2 Å². The number of halogens is 3. The van der Waals surface area contributed by atoms with Gasteiger partial charge in [-0.3, -0.25) is 9.59 Å². The van der Waals surface area contributed by atoms with Crippen molar-refractivity contribution >= 4 is 52.5 Å². The van der Waals surface area contributed by atoms with E-state index < -0.39 is 24.2 Å². The third-order valence-corrected chi connectivity index (χ3v) is 4.73. The number of hydrogen-bond acceptors (Lipinski definition) is 4. The van der Waals surface area contributed by atoms with Crippen molar-refractivity contribution in [2.24, 2.45) is 0 Å². The van der Waals surface area contributed by atoms with Crippen molar-refractivity contribution in [3.8, 4) is 11.8 Å². The molecule has 2 N–H and O–H groups in total. The van der Waals surface area contributed by atoms with Crippen LogP contribution in [0.2, 0.25) is 10.0 Å². The molecule has 0 heterocycles. The van der Waals surface area contributed by atoms with E-state index in [-0.39, 0.29) is 17.0 Å². The average Bonchev–Trinajstić information content (AvgIpc) is 2.79. The van der Waals surface area contributed by atoms with Crippen molar-refractivity contribution < 1.29 is 18.7 Å². The molecule has 0 spiro atoms. The SMILES string of the molecule is N#CC(=Cc1cc(Cl)ccc1OCC(=O)Nc1ccccc1F)C(=O)Nc1ccc(Cl)cc1. The molecule has 0 fully saturated rings. The zero-order chi connectivity index (χ0) is 23.8. The summed E-state index contributed by atoms with van der Waals surface area (Å²) in [5, 5.41) is 15.3. The zero-order valence-corrected chi connectivity index (χ0v) is 18.5. The summed E-state index contributed by atoms with van der Waals surface area (Å²) < 4.78 is 19.2. The number of carbonyl (C=O) groups is 2. The first-order chi connectivity index (χ1) is 15.9. The lowest BCUT2D eigenvalue weighted by atomic mass is 10.1. The number of nitriles is 1. The number of amides is 2. The minimum Gasteiger partial charge on any atom is -0.483 e. The maximum Gasteiger partial charge on any atom is 0.266 e. The van der Waals surface area contributed by atoms with Gasteiger partial charge in [-0.2, -0.15) is 5.26 Å². The topological polar surface area (TPSA) is 91.2 Å². The van der Waals surface area contributed by atoms with Crippen molar-refractivity contribution in [1.29, 1.82) is 5.26 Å². The Balaban J connectivity index is 1.75. The highest BCUT2D eigenvalue weighted by atomic mass is 35.5. The Labute approximate surface area is 199 Å². The van der Waals surface area contributed by atoms with Gasteiger partial charge in [-0.15, -0.1) is 0 Å². The molecule has 0 unspecified atom stereocenters. The van der Waals surface area contributed by atoms with Gasteiger partial charge in [-0.05, 0) is 60.7 Å². The fraction of sp³-hybridized carbons (Fsp3) is 0.0417. The molecule has 3 aromatic carbocycles. The monoisotopic (exact) mass is 483 g/mol. The molecule has 2 amide bonds. The van der Waals surface area contributed by atoms with E-state index in [1.807, 2.05) is 6.07 Å². The Morgan fingerprint density at radius 3 is 2.39 bits per heavy atom. The van der Waals surface area contributed by atoms with Crippen molar-refractivity contribution in [1.82, 2.24) is 0 Å². The fourth-order valence-electron chi connectivity index (χ4n) is 2.69. The van der Waals surface area contributed by atoms with E-state index >= 15 is 0 Å². The minimum atomic E-state index is -0.650. The van der Waals surface area contributed by atoms with Gasteiger partial charge in [0.05, 0.1) is 5.69 Å². The molecular weight excluding hydrogens is 468 g/mol. The molecule has 0 radical (unpaired) electrons. The van der Waals surface area contributed by atoms with E-state index in [0.29, 0.717) is 21.3 Å². The molecular formula is C24H16Cl2FN3O3. The molecule has 0 aromatic heterocycles. The second-order valence-corrected chi connectivity index (χ2v) is 7.50. The van der Waals surface area contributed by atoms with E-state index in [4.69, 9.17) is 27.9 Å². The largest absolute Gasteiger partial charge is 0.483 e. The second-order valence-electron chi connectivity index (χ2n) is 6.63. The lowest BCUT2D eigenvalue weighted by molar-refractivity contribution is -0.118. The zero-order valence-electron chi connectivity index (χ0n) is 16.9. The first kappa shape index (κ1) is 23.8. The van der Waals surface area contributed by atoms with Gasteiger partial charge in [-0.25, -0.2) is 4.39 Å². The van der Waals surface area contributed by atoms with E-state index in [0.717, 1.165) is 0 Å². The first-order valence-electron chi connectivity index (χ1n) is 9.51. The molecule has 33 heavy (non-hydrogen) atoms. The van der Waals surface area contributed by atoms with E-state index in [9.17, 15) is 19.2 Å². The maximum absolute atomic E-state index is 13.7. The number of carbonyl (C=O) groups excluding carboxylic acids is 2. The number of hydrogen-bond donors (Lipinski definition) is 2. The molecule has 6 nitrogen and oxygen atoms in total. The van der Waals surface area contributed by atoms with Gasteiger partial charge >= 0.3 is 0 Å². The number of rotatable bonds is 7. The van der Waals surface area contributed by atoms with Crippen molar-refractivity contribution in [2.45, 2.75) is 0 Å². The van der Waals surface area contributed by atoms with Crippen LogP contribution in [0.1, 0.15) is 5.56 Å². The number of nitrogens with zero attached hydrogens (tertiary/aromatic N) is 1. The van der Waals surface area contributed by atoms with Crippen LogP contribution in [0.5, 0.6) is 5.75 Å². The van der Waals surface area contributed by atoms with Crippen LogP contribution < -0.4 is 15.4 Å². The Hall–Kier alpha value is -3.86. The van der Waals surface area contributed by atoms with Crippen LogP contribution in [-0.2, 0) is 9.59 Å². The Kier molecular flexibility index (Phi) is 8.03. The molecule has 0 bridgehead atoms. The van der Waals surface area contributed by atoms with E-state index in [1.54, 1.807) is 30.3 Å². The summed E-state index contributed by atoms with van der Waals surface area (Å²) in [7, 11) is 0. The summed E-state index contributed by atoms with van der Waals surface area (Å²) >= 11 is 11.9. The molecule has 0 aliphatic carbocycles. The summed E-state index contributed by atoms with van der Waals surface area (Å²) in [6.45, 7) is -0.435. The number of benzene rings is 3. The van der Waals surface area contributed by atoms with Gasteiger partial charge in [0.25, 0.3) is 11.8 Å². The molecule has 9 heteroatoms. The first-order valence-corrected chi connectivity index (χ1v) is 10.3. The third-order valence-electron chi connectivity index (χ3n) is 4.25. The van der Waals surface area contributed by atoms with Crippen LogP contribution in [0.25, 0.3) is 6.08 Å². The average molecular weight is 484 g/mol. The highest BCUT2D eigenvalue weighted by molar-refractivity contribution is 6.31. The number of ether oxygens (including phenoxy) is 1. The lowest BCUT2D eigenvalue weighted by Gasteiger charge is -2.11. The van der Waals surface area contributed by atoms with Crippen LogP contribution in [0, 0.1) is 17.1 Å². The van der Waals surface area contributed by atoms with Gasteiger partial charge in [-0.1, -0.05) is 35.3 Å². The quantitative estimate of drug-likeness (QED) is 0.333. The molecule has 166 valence electrons. The Morgan fingerprint density at radius 2 is 1.70 bits per heavy atom. The Bertz CT molecular complexity index is 1250. The summed E-state index contributed by atoms with van der Waals surface area (Å²) in [6, 6.07) is 18.5. The summed E-state index contributed by atoms with van der Waals surface area (Å²) in [6.07, 6.45) is 1.29. The number of nitrogens with one attached hydrogen (secondary N) is 2. The summed E-state index contributed by atoms with van der Waals surface area (Å²) in [5.74, 6) is -1.62. The van der Waals surface area contributed by atoms with Gasteiger partial charge in [0.2, 0.25) is 0 Å². The summed E-state index contributed by atoms with van der Waals surface area (Å²) in [5.41, 5.74) is 0.572. The smallest absolute Gasteiger partial charge is 0.266 e. The maximum atomic E-state index is 13.7. The highest BCUT2D eigenvalue weighted by Crippen LogP contribution is 2.26. The van der Waals surface area contributed by atoms with E-state index in [1.165, 1.54) is 42.5 Å². The number of para-hydroxylation sites is 1. The molecule has 3 aromatic rings.